The molecule has 1 unspecified atom stereocenters. The molecule has 0 radical (unpaired) electrons. The normalized spacial score (nSPS) is 17.1. The van der Waals surface area contributed by atoms with Gasteiger partial charge in [-0.15, -0.1) is 0 Å². The largest absolute Gasteiger partial charge is 0.366 e. The summed E-state index contributed by atoms with van der Waals surface area (Å²) in [6.45, 7) is 1.25. The summed E-state index contributed by atoms with van der Waals surface area (Å²) >= 11 is 6.11. The quantitative estimate of drug-likeness (QED) is 0.868. The highest BCUT2D eigenvalue weighted by Crippen LogP contribution is 2.24. The summed E-state index contributed by atoms with van der Waals surface area (Å²) in [5.74, 6) is -0.209. The summed E-state index contributed by atoms with van der Waals surface area (Å²) in [5.41, 5.74) is 6.51. The number of aromatic nitrogens is 1. The van der Waals surface area contributed by atoms with Crippen molar-refractivity contribution in [3.8, 4) is 0 Å². The number of nitrogens with two attached hydrogens (primary N) is 1. The maximum Gasteiger partial charge on any atom is 0.250 e. The zero-order valence-corrected chi connectivity index (χ0v) is 13.7. The lowest BCUT2D eigenvalue weighted by molar-refractivity contribution is -0.128. The van der Waals surface area contributed by atoms with E-state index in [1.165, 1.54) is 12.3 Å². The molecule has 1 fully saturated rings. The average molecular weight is 345 g/mol. The molecule has 1 aromatic carbocycles. The Kier molecular flexibility index (Phi) is 4.66. The first-order valence-electron chi connectivity index (χ1n) is 7.59. The van der Waals surface area contributed by atoms with E-state index in [4.69, 9.17) is 17.3 Å². The van der Waals surface area contributed by atoms with Gasteiger partial charge in [-0.1, -0.05) is 41.9 Å². The lowest BCUT2D eigenvalue weighted by atomic mass is 10.2. The highest BCUT2D eigenvalue weighted by molar-refractivity contribution is 6.33. The number of carbonyl (C=O) groups is 2. The molecule has 124 valence electrons. The van der Waals surface area contributed by atoms with Crippen LogP contribution in [0, 0.1) is 0 Å². The van der Waals surface area contributed by atoms with Gasteiger partial charge in [0, 0.05) is 19.3 Å². The Bertz CT molecular complexity index is 766. The minimum Gasteiger partial charge on any atom is -0.366 e. The third-order valence-corrected chi connectivity index (χ3v) is 4.24. The summed E-state index contributed by atoms with van der Waals surface area (Å²) in [7, 11) is 0. The maximum atomic E-state index is 12.5. The minimum atomic E-state index is -0.595. The first kappa shape index (κ1) is 16.3. The van der Waals surface area contributed by atoms with Crippen LogP contribution in [0.1, 0.15) is 22.3 Å². The van der Waals surface area contributed by atoms with Crippen molar-refractivity contribution in [2.45, 2.75) is 19.0 Å². The Morgan fingerprint density at radius 1 is 1.38 bits per heavy atom. The molecule has 2 amide bonds. The second-order valence-corrected chi connectivity index (χ2v) is 6.06. The van der Waals surface area contributed by atoms with Crippen molar-refractivity contribution in [3.05, 3.63) is 58.7 Å². The van der Waals surface area contributed by atoms with Crippen molar-refractivity contribution in [1.82, 2.24) is 9.88 Å². The molecular weight excluding hydrogens is 328 g/mol. The van der Waals surface area contributed by atoms with Crippen molar-refractivity contribution in [3.63, 3.8) is 0 Å². The van der Waals surface area contributed by atoms with E-state index in [0.29, 0.717) is 25.3 Å². The number of likely N-dealkylation sites (tertiary alicyclic amines) is 1. The monoisotopic (exact) mass is 344 g/mol. The summed E-state index contributed by atoms with van der Waals surface area (Å²) in [5, 5.41) is 3.32. The topological polar surface area (TPSA) is 88.3 Å². The van der Waals surface area contributed by atoms with Gasteiger partial charge in [-0.25, -0.2) is 4.98 Å². The van der Waals surface area contributed by atoms with Crippen molar-refractivity contribution in [2.75, 3.05) is 11.9 Å². The van der Waals surface area contributed by atoms with E-state index in [1.54, 1.807) is 4.90 Å². The van der Waals surface area contributed by atoms with Crippen LogP contribution >= 0.6 is 11.6 Å². The molecule has 3 rings (SSSR count). The van der Waals surface area contributed by atoms with Gasteiger partial charge in [-0.3, -0.25) is 9.59 Å². The van der Waals surface area contributed by atoms with E-state index in [1.807, 2.05) is 30.3 Å². The van der Waals surface area contributed by atoms with Crippen LogP contribution in [-0.4, -0.2) is 34.3 Å². The highest BCUT2D eigenvalue weighted by Gasteiger charge is 2.32. The van der Waals surface area contributed by atoms with Crippen LogP contribution < -0.4 is 11.1 Å². The van der Waals surface area contributed by atoms with Crippen LogP contribution in [0.25, 0.3) is 0 Å². The third-order valence-electron chi connectivity index (χ3n) is 3.95. The number of anilines is 1. The van der Waals surface area contributed by atoms with Gasteiger partial charge in [0.15, 0.2) is 0 Å². The first-order valence-corrected chi connectivity index (χ1v) is 7.97. The number of benzene rings is 1. The van der Waals surface area contributed by atoms with E-state index in [2.05, 4.69) is 10.3 Å². The van der Waals surface area contributed by atoms with E-state index in [0.717, 1.165) is 5.56 Å². The molecule has 1 atom stereocenters. The van der Waals surface area contributed by atoms with Crippen molar-refractivity contribution in [2.24, 2.45) is 5.73 Å². The van der Waals surface area contributed by atoms with Crippen LogP contribution in [0.5, 0.6) is 0 Å². The van der Waals surface area contributed by atoms with Gasteiger partial charge in [0.25, 0.3) is 0 Å². The van der Waals surface area contributed by atoms with Gasteiger partial charge in [0.1, 0.15) is 11.9 Å². The molecule has 1 aliphatic heterocycles. The molecule has 0 spiro atoms. The summed E-state index contributed by atoms with van der Waals surface area (Å²) in [4.78, 5) is 29.5. The number of hydrogen-bond donors (Lipinski definition) is 2. The SMILES string of the molecule is NC(=O)c1cnc(NC2CCN(Cc3ccccc3)C2=O)c(Cl)c1. The number of pyridine rings is 1. The lowest BCUT2D eigenvalue weighted by Crippen LogP contribution is -2.33. The average Bonchev–Trinajstić information content (AvgIpc) is 2.91. The molecule has 24 heavy (non-hydrogen) atoms. The Hall–Kier alpha value is -2.60. The fourth-order valence-electron chi connectivity index (χ4n) is 2.68. The first-order chi connectivity index (χ1) is 11.5. The Balaban J connectivity index is 1.67. The van der Waals surface area contributed by atoms with Gasteiger partial charge >= 0.3 is 0 Å². The smallest absolute Gasteiger partial charge is 0.250 e. The number of amides is 2. The number of primary amides is 1. The minimum absolute atomic E-state index is 0.00991. The summed E-state index contributed by atoms with van der Waals surface area (Å²) in [6.07, 6.45) is 2.01. The molecule has 0 saturated carbocycles. The molecular formula is C17H17ClN4O2. The fraction of sp³-hybridized carbons (Fsp3) is 0.235. The van der Waals surface area contributed by atoms with Crippen molar-refractivity contribution in [1.29, 1.82) is 0 Å². The predicted octanol–water partition coefficient (Wildman–Crippen LogP) is 2.05. The lowest BCUT2D eigenvalue weighted by Gasteiger charge is -2.18. The molecule has 0 bridgehead atoms. The molecule has 0 aliphatic carbocycles. The molecule has 7 heteroatoms. The molecule has 1 aromatic heterocycles. The third kappa shape index (κ3) is 3.49. The zero-order chi connectivity index (χ0) is 17.1. The van der Waals surface area contributed by atoms with Gasteiger partial charge in [-0.2, -0.15) is 0 Å². The molecule has 6 nitrogen and oxygen atoms in total. The van der Waals surface area contributed by atoms with Gasteiger partial charge in [-0.05, 0) is 18.1 Å². The molecule has 1 aliphatic rings. The standard InChI is InChI=1S/C17H17ClN4O2/c18-13-8-12(15(19)23)9-20-16(13)21-14-6-7-22(17(14)24)10-11-4-2-1-3-5-11/h1-5,8-9,14H,6-7,10H2,(H2,19,23)(H,20,21). The Morgan fingerprint density at radius 3 is 2.79 bits per heavy atom. The number of nitrogens with one attached hydrogen (secondary N) is 1. The van der Waals surface area contributed by atoms with E-state index in [9.17, 15) is 9.59 Å². The Labute approximate surface area is 144 Å². The summed E-state index contributed by atoms with van der Waals surface area (Å²) < 4.78 is 0. The van der Waals surface area contributed by atoms with Crippen LogP contribution in [0.15, 0.2) is 42.6 Å². The van der Waals surface area contributed by atoms with Crippen LogP contribution in [-0.2, 0) is 11.3 Å². The molecule has 2 aromatic rings. The molecule has 1 saturated heterocycles. The van der Waals surface area contributed by atoms with E-state index >= 15 is 0 Å². The van der Waals surface area contributed by atoms with Gasteiger partial charge in [0.05, 0.1) is 10.6 Å². The van der Waals surface area contributed by atoms with Crippen molar-refractivity contribution >= 4 is 29.2 Å². The maximum absolute atomic E-state index is 12.5. The van der Waals surface area contributed by atoms with Crippen LogP contribution in [0.2, 0.25) is 5.02 Å². The van der Waals surface area contributed by atoms with Crippen molar-refractivity contribution < 1.29 is 9.59 Å². The van der Waals surface area contributed by atoms with Crippen LogP contribution in [0.3, 0.4) is 0 Å². The molecule has 3 N–H and O–H groups in total. The fourth-order valence-corrected chi connectivity index (χ4v) is 2.90. The van der Waals surface area contributed by atoms with Gasteiger partial charge < -0.3 is 16.0 Å². The number of halogens is 1. The number of hydrogen-bond acceptors (Lipinski definition) is 4. The predicted molar refractivity (Wildman–Crippen MR) is 91.7 cm³/mol. The summed E-state index contributed by atoms with van der Waals surface area (Å²) in [6, 6.07) is 10.9. The molecule has 2 heterocycles. The number of carbonyl (C=O) groups excluding carboxylic acids is 2. The highest BCUT2D eigenvalue weighted by atomic mass is 35.5. The second-order valence-electron chi connectivity index (χ2n) is 5.65. The number of nitrogens with zero attached hydrogens (tertiary/aromatic N) is 2. The number of rotatable bonds is 5. The Morgan fingerprint density at radius 2 is 2.12 bits per heavy atom. The zero-order valence-electron chi connectivity index (χ0n) is 12.9. The van der Waals surface area contributed by atoms with E-state index < -0.39 is 5.91 Å². The second kappa shape index (κ2) is 6.88. The van der Waals surface area contributed by atoms with E-state index in [-0.39, 0.29) is 22.5 Å². The van der Waals surface area contributed by atoms with Crippen LogP contribution in [0.4, 0.5) is 5.82 Å². The van der Waals surface area contributed by atoms with Gasteiger partial charge in [0.2, 0.25) is 11.8 Å².